The SMILES string of the molecule is CCN(CC)c1ccc(/C=C2\NC(=O)N(c3cccc(Cl)c3)C2=O)c(OC)c1. The number of nitrogens with one attached hydrogen (secondary N) is 1. The number of nitrogens with zero attached hydrogens (tertiary/aromatic N) is 2. The summed E-state index contributed by atoms with van der Waals surface area (Å²) in [6, 6.07) is 11.9. The van der Waals surface area contributed by atoms with Crippen LogP contribution in [0.1, 0.15) is 19.4 Å². The molecule has 0 spiro atoms. The number of halogens is 1. The first-order valence-electron chi connectivity index (χ1n) is 9.04. The van der Waals surface area contributed by atoms with Gasteiger partial charge in [-0.25, -0.2) is 9.69 Å². The Morgan fingerprint density at radius 1 is 1.14 bits per heavy atom. The number of methoxy groups -OCH3 is 1. The summed E-state index contributed by atoms with van der Waals surface area (Å²) < 4.78 is 5.50. The van der Waals surface area contributed by atoms with Gasteiger partial charge in [0.2, 0.25) is 0 Å². The van der Waals surface area contributed by atoms with E-state index in [2.05, 4.69) is 24.1 Å². The van der Waals surface area contributed by atoms with Crippen molar-refractivity contribution < 1.29 is 14.3 Å². The molecule has 3 amide bonds. The van der Waals surface area contributed by atoms with E-state index in [1.165, 1.54) is 0 Å². The standard InChI is InChI=1S/C21H22ClN3O3/c1-4-24(5-2)16-10-9-14(19(13-16)28-3)11-18-20(26)25(21(27)23-18)17-8-6-7-15(22)12-17/h6-13H,4-5H2,1-3H3,(H,23,27)/b18-11-. The minimum absolute atomic E-state index is 0.180. The molecule has 1 aliphatic heterocycles. The third-order valence-corrected chi connectivity index (χ3v) is 4.83. The van der Waals surface area contributed by atoms with Crippen LogP contribution in [0.2, 0.25) is 5.02 Å². The molecular formula is C21H22ClN3O3. The van der Waals surface area contributed by atoms with E-state index >= 15 is 0 Å². The summed E-state index contributed by atoms with van der Waals surface area (Å²) in [4.78, 5) is 28.4. The zero-order valence-corrected chi connectivity index (χ0v) is 16.8. The van der Waals surface area contributed by atoms with Gasteiger partial charge in [0.25, 0.3) is 5.91 Å². The quantitative estimate of drug-likeness (QED) is 0.581. The van der Waals surface area contributed by atoms with Crippen molar-refractivity contribution in [1.82, 2.24) is 5.32 Å². The van der Waals surface area contributed by atoms with Gasteiger partial charge in [0.05, 0.1) is 12.8 Å². The van der Waals surface area contributed by atoms with Crippen molar-refractivity contribution in [3.05, 3.63) is 58.7 Å². The van der Waals surface area contributed by atoms with Crippen LogP contribution in [0.4, 0.5) is 16.2 Å². The maximum atomic E-state index is 12.8. The van der Waals surface area contributed by atoms with E-state index < -0.39 is 11.9 Å². The Hall–Kier alpha value is -2.99. The number of hydrogen-bond donors (Lipinski definition) is 1. The molecule has 0 aliphatic carbocycles. The van der Waals surface area contributed by atoms with Gasteiger partial charge in [0.15, 0.2) is 0 Å². The fourth-order valence-electron chi connectivity index (χ4n) is 3.14. The lowest BCUT2D eigenvalue weighted by Crippen LogP contribution is -2.30. The van der Waals surface area contributed by atoms with Crippen LogP contribution in [-0.2, 0) is 4.79 Å². The second-order valence-electron chi connectivity index (χ2n) is 6.21. The summed E-state index contributed by atoms with van der Waals surface area (Å²) in [7, 11) is 1.58. The summed E-state index contributed by atoms with van der Waals surface area (Å²) in [5.74, 6) is 0.183. The van der Waals surface area contributed by atoms with Crippen LogP contribution in [0.25, 0.3) is 6.08 Å². The largest absolute Gasteiger partial charge is 0.496 e. The highest BCUT2D eigenvalue weighted by molar-refractivity contribution is 6.32. The number of benzene rings is 2. The summed E-state index contributed by atoms with van der Waals surface area (Å²) in [6.45, 7) is 5.93. The Bertz CT molecular complexity index is 938. The summed E-state index contributed by atoms with van der Waals surface area (Å²) in [5.41, 5.74) is 2.34. The fraction of sp³-hybridized carbons (Fsp3) is 0.238. The van der Waals surface area contributed by atoms with Crippen molar-refractivity contribution in [3.8, 4) is 5.75 Å². The van der Waals surface area contributed by atoms with E-state index in [9.17, 15) is 9.59 Å². The maximum absolute atomic E-state index is 12.8. The second kappa shape index (κ2) is 8.35. The van der Waals surface area contributed by atoms with Gasteiger partial charge >= 0.3 is 6.03 Å². The molecule has 0 aromatic heterocycles. The van der Waals surface area contributed by atoms with Crippen LogP contribution in [0.3, 0.4) is 0 Å². The Labute approximate surface area is 169 Å². The lowest BCUT2D eigenvalue weighted by Gasteiger charge is -2.22. The average molecular weight is 400 g/mol. The third-order valence-electron chi connectivity index (χ3n) is 4.59. The van der Waals surface area contributed by atoms with Crippen molar-refractivity contribution in [2.75, 3.05) is 30.0 Å². The molecule has 1 aliphatic rings. The Morgan fingerprint density at radius 2 is 1.89 bits per heavy atom. The van der Waals surface area contributed by atoms with Crippen molar-refractivity contribution in [1.29, 1.82) is 0 Å². The smallest absolute Gasteiger partial charge is 0.333 e. The van der Waals surface area contributed by atoms with E-state index in [4.69, 9.17) is 16.3 Å². The fourth-order valence-corrected chi connectivity index (χ4v) is 3.33. The normalized spacial score (nSPS) is 15.1. The van der Waals surface area contributed by atoms with E-state index in [1.54, 1.807) is 37.5 Å². The number of carbonyl (C=O) groups excluding carboxylic acids is 2. The second-order valence-corrected chi connectivity index (χ2v) is 6.64. The Balaban J connectivity index is 1.93. The highest BCUT2D eigenvalue weighted by atomic mass is 35.5. The van der Waals surface area contributed by atoms with Gasteiger partial charge in [-0.3, -0.25) is 4.79 Å². The van der Waals surface area contributed by atoms with Crippen LogP contribution in [0.5, 0.6) is 5.75 Å². The van der Waals surface area contributed by atoms with Crippen molar-refractivity contribution in [3.63, 3.8) is 0 Å². The lowest BCUT2D eigenvalue weighted by atomic mass is 10.1. The highest BCUT2D eigenvalue weighted by Crippen LogP contribution is 2.29. The molecule has 0 bridgehead atoms. The van der Waals surface area contributed by atoms with Crippen molar-refractivity contribution >= 4 is 41.0 Å². The minimum Gasteiger partial charge on any atom is -0.496 e. The summed E-state index contributed by atoms with van der Waals surface area (Å²) in [5, 5.41) is 3.07. The zero-order chi connectivity index (χ0) is 20.3. The molecule has 0 atom stereocenters. The molecule has 1 N–H and O–H groups in total. The first-order chi connectivity index (χ1) is 13.5. The minimum atomic E-state index is -0.516. The molecule has 1 heterocycles. The molecule has 0 unspecified atom stereocenters. The van der Waals surface area contributed by atoms with E-state index in [1.807, 2.05) is 18.2 Å². The van der Waals surface area contributed by atoms with E-state index in [0.717, 1.165) is 23.7 Å². The van der Waals surface area contributed by atoms with Gasteiger partial charge in [-0.05, 0) is 50.3 Å². The van der Waals surface area contributed by atoms with Crippen LogP contribution in [-0.4, -0.2) is 32.1 Å². The van der Waals surface area contributed by atoms with Crippen molar-refractivity contribution in [2.45, 2.75) is 13.8 Å². The number of anilines is 2. The van der Waals surface area contributed by atoms with Crippen LogP contribution in [0, 0.1) is 0 Å². The molecular weight excluding hydrogens is 378 g/mol. The Kier molecular flexibility index (Phi) is 5.90. The first kappa shape index (κ1) is 19.8. The molecule has 0 saturated carbocycles. The molecule has 146 valence electrons. The zero-order valence-electron chi connectivity index (χ0n) is 16.0. The number of carbonyl (C=O) groups is 2. The molecule has 0 radical (unpaired) electrons. The number of ether oxygens (including phenoxy) is 1. The van der Waals surface area contributed by atoms with Gasteiger partial charge in [0.1, 0.15) is 11.4 Å². The van der Waals surface area contributed by atoms with Gasteiger partial charge in [0, 0.05) is 35.4 Å². The third kappa shape index (κ3) is 3.82. The topological polar surface area (TPSA) is 61.9 Å². The molecule has 7 heteroatoms. The molecule has 6 nitrogen and oxygen atoms in total. The van der Waals surface area contributed by atoms with Gasteiger partial charge in [-0.1, -0.05) is 17.7 Å². The van der Waals surface area contributed by atoms with Gasteiger partial charge in [-0.15, -0.1) is 0 Å². The first-order valence-corrected chi connectivity index (χ1v) is 9.42. The highest BCUT2D eigenvalue weighted by Gasteiger charge is 2.35. The molecule has 2 aromatic carbocycles. The summed E-state index contributed by atoms with van der Waals surface area (Å²) >= 11 is 5.98. The number of imide groups is 1. The molecule has 2 aromatic rings. The predicted octanol–water partition coefficient (Wildman–Crippen LogP) is 4.29. The average Bonchev–Trinajstić information content (AvgIpc) is 2.97. The van der Waals surface area contributed by atoms with Crippen LogP contribution < -0.4 is 19.9 Å². The number of amides is 3. The maximum Gasteiger partial charge on any atom is 0.333 e. The number of hydrogen-bond acceptors (Lipinski definition) is 4. The van der Waals surface area contributed by atoms with Gasteiger partial charge < -0.3 is 15.0 Å². The Morgan fingerprint density at radius 3 is 2.54 bits per heavy atom. The van der Waals surface area contributed by atoms with Crippen molar-refractivity contribution in [2.24, 2.45) is 0 Å². The molecule has 3 rings (SSSR count). The lowest BCUT2D eigenvalue weighted by molar-refractivity contribution is -0.113. The molecule has 28 heavy (non-hydrogen) atoms. The number of rotatable bonds is 6. The van der Waals surface area contributed by atoms with Gasteiger partial charge in [-0.2, -0.15) is 0 Å². The van der Waals surface area contributed by atoms with E-state index in [-0.39, 0.29) is 5.70 Å². The van der Waals surface area contributed by atoms with E-state index in [0.29, 0.717) is 22.0 Å². The number of urea groups is 1. The van der Waals surface area contributed by atoms with Crippen LogP contribution in [0.15, 0.2) is 48.2 Å². The summed E-state index contributed by atoms with van der Waals surface area (Å²) in [6.07, 6.45) is 1.62. The molecule has 1 saturated heterocycles. The predicted molar refractivity (Wildman–Crippen MR) is 112 cm³/mol. The van der Waals surface area contributed by atoms with Crippen LogP contribution >= 0.6 is 11.6 Å². The monoisotopic (exact) mass is 399 g/mol. The molecule has 1 fully saturated rings.